The van der Waals surface area contributed by atoms with Crippen LogP contribution < -0.4 is 4.72 Å². The van der Waals surface area contributed by atoms with Crippen molar-refractivity contribution in [3.8, 4) is 0 Å². The number of carbonyl (C=O) groups excluding carboxylic acids is 2. The molecule has 2 rings (SSSR count). The van der Waals surface area contributed by atoms with Gasteiger partial charge in [-0.05, 0) is 38.8 Å². The average molecular weight is 346 g/mol. The molecule has 1 amide bonds. The fourth-order valence-electron chi connectivity index (χ4n) is 2.28. The second-order valence-electron chi connectivity index (χ2n) is 4.87. The van der Waals surface area contributed by atoms with Crippen molar-refractivity contribution in [3.05, 3.63) is 21.9 Å². The summed E-state index contributed by atoms with van der Waals surface area (Å²) < 4.78 is 32.6. The zero-order valence-electron chi connectivity index (χ0n) is 12.4. The molecule has 0 radical (unpaired) electrons. The van der Waals surface area contributed by atoms with Crippen molar-refractivity contribution in [2.45, 2.75) is 32.7 Å². The van der Waals surface area contributed by atoms with Gasteiger partial charge in [-0.15, -0.1) is 11.3 Å². The maximum Gasteiger partial charge on any atom is 0.324 e. The fraction of sp³-hybridized carbons (Fsp3) is 0.538. The highest BCUT2D eigenvalue weighted by Gasteiger charge is 2.40. The van der Waals surface area contributed by atoms with Gasteiger partial charge in [0, 0.05) is 11.4 Å². The summed E-state index contributed by atoms with van der Waals surface area (Å²) in [6, 6.07) is 2.44. The molecule has 0 spiro atoms. The largest absolute Gasteiger partial charge is 0.465 e. The van der Waals surface area contributed by atoms with E-state index in [1.165, 1.54) is 11.3 Å². The monoisotopic (exact) mass is 346 g/mol. The molecular weight excluding hydrogens is 328 g/mol. The van der Waals surface area contributed by atoms with Crippen molar-refractivity contribution in [3.63, 3.8) is 0 Å². The second-order valence-corrected chi connectivity index (χ2v) is 7.78. The number of esters is 1. The van der Waals surface area contributed by atoms with E-state index in [0.29, 0.717) is 17.7 Å². The summed E-state index contributed by atoms with van der Waals surface area (Å²) in [6.07, 6.45) is 0.947. The summed E-state index contributed by atoms with van der Waals surface area (Å²) in [5.74, 6) is -1.27. The van der Waals surface area contributed by atoms with Crippen LogP contribution >= 0.6 is 11.3 Å². The summed E-state index contributed by atoms with van der Waals surface area (Å²) in [5, 5.41) is 0. The van der Waals surface area contributed by atoms with Gasteiger partial charge in [-0.3, -0.25) is 9.59 Å². The van der Waals surface area contributed by atoms with Gasteiger partial charge < -0.3 is 4.74 Å². The van der Waals surface area contributed by atoms with Crippen LogP contribution in [-0.2, 0) is 19.7 Å². The molecule has 0 aliphatic carbocycles. The molecule has 1 aliphatic heterocycles. The number of aryl methyl sites for hydroxylation is 1. The summed E-state index contributed by atoms with van der Waals surface area (Å²) in [7, 11) is -4.07. The van der Waals surface area contributed by atoms with Crippen LogP contribution in [0.1, 0.15) is 34.3 Å². The Morgan fingerprint density at radius 1 is 1.45 bits per heavy atom. The molecule has 0 saturated carbocycles. The van der Waals surface area contributed by atoms with Crippen molar-refractivity contribution < 1.29 is 22.7 Å². The van der Waals surface area contributed by atoms with E-state index in [1.54, 1.807) is 19.1 Å². The molecule has 1 aliphatic rings. The molecule has 1 aromatic heterocycles. The maximum absolute atomic E-state index is 12.3. The molecule has 122 valence electrons. The Bertz CT molecular complexity index is 668. The Kier molecular flexibility index (Phi) is 5.20. The van der Waals surface area contributed by atoms with E-state index in [1.807, 2.05) is 11.6 Å². The lowest BCUT2D eigenvalue weighted by atomic mass is 10.2. The average Bonchev–Trinajstić information content (AvgIpc) is 3.07. The molecule has 9 heteroatoms. The number of nitrogens with zero attached hydrogens (tertiary/aromatic N) is 1. The van der Waals surface area contributed by atoms with Gasteiger partial charge in [-0.2, -0.15) is 12.7 Å². The predicted molar refractivity (Wildman–Crippen MR) is 81.8 cm³/mol. The Balaban J connectivity index is 2.12. The molecule has 1 aromatic rings. The van der Waals surface area contributed by atoms with E-state index < -0.39 is 28.1 Å². The molecule has 0 unspecified atom stereocenters. The lowest BCUT2D eigenvalue weighted by Gasteiger charge is -2.22. The topological polar surface area (TPSA) is 92.8 Å². The number of carbonyl (C=O) groups is 2. The van der Waals surface area contributed by atoms with E-state index in [9.17, 15) is 18.0 Å². The highest BCUT2D eigenvalue weighted by atomic mass is 32.2. The second kappa shape index (κ2) is 6.76. The molecule has 1 N–H and O–H groups in total. The van der Waals surface area contributed by atoms with Gasteiger partial charge in [0.25, 0.3) is 5.91 Å². The van der Waals surface area contributed by atoms with Crippen molar-refractivity contribution in [2.75, 3.05) is 13.2 Å². The van der Waals surface area contributed by atoms with Gasteiger partial charge in [-0.25, -0.2) is 4.72 Å². The van der Waals surface area contributed by atoms with Crippen LogP contribution in [0.25, 0.3) is 0 Å². The molecule has 0 aromatic carbocycles. The first-order valence-corrected chi connectivity index (χ1v) is 9.18. The maximum atomic E-state index is 12.3. The zero-order valence-corrected chi connectivity index (χ0v) is 14.0. The Morgan fingerprint density at radius 3 is 2.77 bits per heavy atom. The molecule has 1 atom stereocenters. The first kappa shape index (κ1) is 16.9. The number of hydrogen-bond donors (Lipinski definition) is 1. The third-order valence-corrected chi connectivity index (χ3v) is 5.75. The fourth-order valence-corrected chi connectivity index (χ4v) is 4.47. The van der Waals surface area contributed by atoms with Gasteiger partial charge in [0.1, 0.15) is 6.04 Å². The van der Waals surface area contributed by atoms with Crippen LogP contribution in [0.2, 0.25) is 0 Å². The highest BCUT2D eigenvalue weighted by molar-refractivity contribution is 7.87. The van der Waals surface area contributed by atoms with E-state index in [-0.39, 0.29) is 13.2 Å². The smallest absolute Gasteiger partial charge is 0.324 e. The van der Waals surface area contributed by atoms with Gasteiger partial charge in [0.15, 0.2) is 0 Å². The molecule has 22 heavy (non-hydrogen) atoms. The number of thiophene rings is 1. The zero-order chi connectivity index (χ0) is 16.3. The lowest BCUT2D eigenvalue weighted by Crippen LogP contribution is -2.48. The van der Waals surface area contributed by atoms with Crippen LogP contribution in [0, 0.1) is 6.92 Å². The van der Waals surface area contributed by atoms with Crippen LogP contribution in [0.3, 0.4) is 0 Å². The molecule has 2 heterocycles. The molecule has 1 fully saturated rings. The summed E-state index contributed by atoms with van der Waals surface area (Å²) in [6.45, 7) is 3.86. The Morgan fingerprint density at radius 2 is 2.18 bits per heavy atom. The standard InChI is InChI=1S/C13H18N2O5S2/c1-3-20-13(17)10-5-4-8-15(10)22(18,19)14-12(16)11-7-6-9(2)21-11/h6-7,10H,3-5,8H2,1-2H3,(H,14,16)/t10-/m1/s1. The van der Waals surface area contributed by atoms with Crippen molar-refractivity contribution in [2.24, 2.45) is 0 Å². The molecular formula is C13H18N2O5S2. The third-order valence-electron chi connectivity index (χ3n) is 3.26. The number of amides is 1. The van der Waals surface area contributed by atoms with Crippen LogP contribution in [0.5, 0.6) is 0 Å². The molecule has 1 saturated heterocycles. The van der Waals surface area contributed by atoms with Crippen LogP contribution in [0.4, 0.5) is 0 Å². The minimum Gasteiger partial charge on any atom is -0.465 e. The summed E-state index contributed by atoms with van der Waals surface area (Å²) in [4.78, 5) is 25.1. The summed E-state index contributed by atoms with van der Waals surface area (Å²) >= 11 is 1.21. The lowest BCUT2D eigenvalue weighted by molar-refractivity contribution is -0.146. The number of nitrogens with one attached hydrogen (secondary N) is 1. The number of ether oxygens (including phenoxy) is 1. The number of hydrogen-bond acceptors (Lipinski definition) is 6. The van der Waals surface area contributed by atoms with Gasteiger partial charge in [-0.1, -0.05) is 0 Å². The van der Waals surface area contributed by atoms with Crippen molar-refractivity contribution in [1.82, 2.24) is 9.03 Å². The normalized spacial score (nSPS) is 19.1. The van der Waals surface area contributed by atoms with Gasteiger partial charge in [0.2, 0.25) is 0 Å². The number of rotatable bonds is 5. The quantitative estimate of drug-likeness (QED) is 0.805. The minimum atomic E-state index is -4.07. The van der Waals surface area contributed by atoms with E-state index in [4.69, 9.17) is 4.74 Å². The van der Waals surface area contributed by atoms with E-state index >= 15 is 0 Å². The SMILES string of the molecule is CCOC(=O)[C@H]1CCCN1S(=O)(=O)NC(=O)c1ccc(C)s1. The molecule has 0 bridgehead atoms. The predicted octanol–water partition coefficient (Wildman–Crippen LogP) is 1.06. The van der Waals surface area contributed by atoms with Crippen molar-refractivity contribution in [1.29, 1.82) is 0 Å². The third kappa shape index (κ3) is 3.65. The first-order valence-electron chi connectivity index (χ1n) is 6.92. The van der Waals surface area contributed by atoms with E-state index in [0.717, 1.165) is 9.18 Å². The van der Waals surface area contributed by atoms with E-state index in [2.05, 4.69) is 0 Å². The summed E-state index contributed by atoms with van der Waals surface area (Å²) in [5.41, 5.74) is 0. The minimum absolute atomic E-state index is 0.185. The Labute approximate surface area is 133 Å². The van der Waals surface area contributed by atoms with Gasteiger partial charge in [0.05, 0.1) is 11.5 Å². The molecule has 7 nitrogen and oxygen atoms in total. The Hall–Kier alpha value is -1.45. The van der Waals surface area contributed by atoms with Crippen LogP contribution in [-0.4, -0.2) is 43.8 Å². The van der Waals surface area contributed by atoms with Gasteiger partial charge >= 0.3 is 16.2 Å². The van der Waals surface area contributed by atoms with Crippen molar-refractivity contribution >= 4 is 33.4 Å². The van der Waals surface area contributed by atoms with Crippen LogP contribution in [0.15, 0.2) is 12.1 Å². The first-order chi connectivity index (χ1) is 10.3. The highest BCUT2D eigenvalue weighted by Crippen LogP contribution is 2.22.